The maximum absolute atomic E-state index is 11.5. The highest BCUT2D eigenvalue weighted by atomic mass is 35.5. The number of hydrogen-bond acceptors (Lipinski definition) is 1. The van der Waals surface area contributed by atoms with Crippen LogP contribution < -0.4 is 0 Å². The molecule has 0 unspecified atom stereocenters. The van der Waals surface area contributed by atoms with Crippen LogP contribution in [0.1, 0.15) is 22.8 Å². The largest absolute Gasteiger partial charge is 0.354 e. The fraction of sp³-hybridized carbons (Fsp3) is 0.118. The van der Waals surface area contributed by atoms with E-state index in [1.54, 1.807) is 0 Å². The molecule has 0 atom stereocenters. The van der Waals surface area contributed by atoms with Gasteiger partial charge in [-0.15, -0.1) is 0 Å². The maximum atomic E-state index is 11.5. The predicted octanol–water partition coefficient (Wildman–Crippen LogP) is 4.86. The summed E-state index contributed by atoms with van der Waals surface area (Å²) in [7, 11) is 0. The number of aryl methyl sites for hydroxylation is 1. The van der Waals surface area contributed by atoms with Crippen LogP contribution in [0, 0.1) is 0 Å². The molecule has 0 aliphatic rings. The quantitative estimate of drug-likeness (QED) is 0.684. The van der Waals surface area contributed by atoms with Crippen LogP contribution in [0.5, 0.6) is 0 Å². The monoisotopic (exact) mass is 283 g/mol. The number of benzene rings is 2. The molecule has 100 valence electrons. The van der Waals surface area contributed by atoms with E-state index >= 15 is 0 Å². The van der Waals surface area contributed by atoms with Gasteiger partial charge in [0, 0.05) is 27.1 Å². The van der Waals surface area contributed by atoms with Crippen LogP contribution in [0.2, 0.25) is 5.02 Å². The predicted molar refractivity (Wildman–Crippen MR) is 83.5 cm³/mol. The topological polar surface area (TPSA) is 32.9 Å². The third-order valence-electron chi connectivity index (χ3n) is 3.57. The molecule has 3 heteroatoms. The van der Waals surface area contributed by atoms with Gasteiger partial charge < -0.3 is 4.98 Å². The molecule has 0 saturated carbocycles. The Bertz CT molecular complexity index is 789. The van der Waals surface area contributed by atoms with Crippen molar-refractivity contribution in [2.75, 3.05) is 0 Å². The van der Waals surface area contributed by atoms with Crippen molar-refractivity contribution in [3.63, 3.8) is 0 Å². The fourth-order valence-electron chi connectivity index (χ4n) is 2.59. The first-order valence-corrected chi connectivity index (χ1v) is 6.97. The lowest BCUT2D eigenvalue weighted by atomic mass is 10.0. The van der Waals surface area contributed by atoms with Gasteiger partial charge in [-0.25, -0.2) is 0 Å². The Morgan fingerprint density at radius 3 is 2.70 bits per heavy atom. The van der Waals surface area contributed by atoms with Gasteiger partial charge in [0.2, 0.25) is 0 Å². The third-order valence-corrected chi connectivity index (χ3v) is 3.81. The average Bonchev–Trinajstić information content (AvgIpc) is 2.85. The Labute approximate surface area is 122 Å². The van der Waals surface area contributed by atoms with Crippen molar-refractivity contribution >= 4 is 28.8 Å². The Balaban J connectivity index is 2.33. The molecule has 3 rings (SSSR count). The van der Waals surface area contributed by atoms with E-state index in [9.17, 15) is 4.79 Å². The van der Waals surface area contributed by atoms with Crippen LogP contribution in [-0.2, 0) is 6.42 Å². The van der Waals surface area contributed by atoms with Crippen LogP contribution in [0.15, 0.2) is 42.5 Å². The van der Waals surface area contributed by atoms with E-state index in [2.05, 4.69) is 18.0 Å². The lowest BCUT2D eigenvalue weighted by molar-refractivity contribution is 0.112. The number of halogens is 1. The molecule has 2 aromatic carbocycles. The molecule has 0 aliphatic carbocycles. The summed E-state index contributed by atoms with van der Waals surface area (Å²) in [5.41, 5.74) is 4.69. The number of para-hydroxylation sites is 1. The van der Waals surface area contributed by atoms with Crippen LogP contribution in [0.25, 0.3) is 22.2 Å². The van der Waals surface area contributed by atoms with Gasteiger partial charge in [-0.2, -0.15) is 0 Å². The second-order valence-corrected chi connectivity index (χ2v) is 5.17. The number of aldehydes is 1. The second kappa shape index (κ2) is 5.14. The molecule has 1 heterocycles. The van der Waals surface area contributed by atoms with E-state index in [-0.39, 0.29) is 0 Å². The summed E-state index contributed by atoms with van der Waals surface area (Å²) in [5, 5.41) is 1.63. The zero-order valence-electron chi connectivity index (χ0n) is 11.1. The molecule has 0 bridgehead atoms. The van der Waals surface area contributed by atoms with Crippen molar-refractivity contribution in [1.29, 1.82) is 0 Å². The molecule has 0 aliphatic heterocycles. The maximum Gasteiger partial charge on any atom is 0.152 e. The number of H-pyrrole nitrogens is 1. The minimum Gasteiger partial charge on any atom is -0.354 e. The summed E-state index contributed by atoms with van der Waals surface area (Å²) in [5.74, 6) is 0. The standard InChI is InChI=1S/C17H14ClNO/c1-2-11-5-4-8-14-15(10-20)17(19-16(11)14)12-6-3-7-13(18)9-12/h3-10,19H,2H2,1H3. The summed E-state index contributed by atoms with van der Waals surface area (Å²) in [4.78, 5) is 14.9. The van der Waals surface area contributed by atoms with Crippen LogP contribution in [0.3, 0.4) is 0 Å². The minimum atomic E-state index is 0.661. The molecule has 3 aromatic rings. The first kappa shape index (κ1) is 12.9. The van der Waals surface area contributed by atoms with Crippen molar-refractivity contribution in [3.05, 3.63) is 58.6 Å². The van der Waals surface area contributed by atoms with Gasteiger partial charge in [0.15, 0.2) is 6.29 Å². The SMILES string of the molecule is CCc1cccc2c(C=O)c(-c3cccc(Cl)c3)[nH]c12. The number of aromatic nitrogens is 1. The summed E-state index contributed by atoms with van der Waals surface area (Å²) in [6.07, 6.45) is 1.83. The zero-order chi connectivity index (χ0) is 14.1. The van der Waals surface area contributed by atoms with Gasteiger partial charge >= 0.3 is 0 Å². The number of nitrogens with one attached hydrogen (secondary N) is 1. The van der Waals surface area contributed by atoms with E-state index in [4.69, 9.17) is 11.6 Å². The van der Waals surface area contributed by atoms with E-state index in [1.165, 1.54) is 5.56 Å². The third kappa shape index (κ3) is 2.02. The number of carbonyl (C=O) groups excluding carboxylic acids is 1. The normalized spacial score (nSPS) is 10.9. The molecule has 0 amide bonds. The molecule has 1 aromatic heterocycles. The highest BCUT2D eigenvalue weighted by molar-refractivity contribution is 6.30. The van der Waals surface area contributed by atoms with E-state index < -0.39 is 0 Å². The van der Waals surface area contributed by atoms with Crippen LogP contribution in [0.4, 0.5) is 0 Å². The van der Waals surface area contributed by atoms with Gasteiger partial charge in [-0.05, 0) is 24.1 Å². The lowest BCUT2D eigenvalue weighted by Gasteiger charge is -2.00. The van der Waals surface area contributed by atoms with Crippen molar-refractivity contribution in [1.82, 2.24) is 4.98 Å². The first-order chi connectivity index (χ1) is 9.74. The smallest absolute Gasteiger partial charge is 0.152 e. The highest BCUT2D eigenvalue weighted by Crippen LogP contribution is 2.32. The van der Waals surface area contributed by atoms with Crippen LogP contribution in [-0.4, -0.2) is 11.3 Å². The number of hydrogen-bond donors (Lipinski definition) is 1. The Kier molecular flexibility index (Phi) is 3.33. The molecule has 0 saturated heterocycles. The zero-order valence-corrected chi connectivity index (χ0v) is 11.9. The molecule has 20 heavy (non-hydrogen) atoms. The number of fused-ring (bicyclic) bond motifs is 1. The van der Waals surface area contributed by atoms with E-state index in [1.807, 2.05) is 36.4 Å². The van der Waals surface area contributed by atoms with Gasteiger partial charge in [0.1, 0.15) is 0 Å². The van der Waals surface area contributed by atoms with Gasteiger partial charge in [0.25, 0.3) is 0 Å². The lowest BCUT2D eigenvalue weighted by Crippen LogP contribution is -1.84. The van der Waals surface area contributed by atoms with E-state index in [0.29, 0.717) is 10.6 Å². The second-order valence-electron chi connectivity index (χ2n) is 4.74. The first-order valence-electron chi connectivity index (χ1n) is 6.59. The number of aromatic amines is 1. The van der Waals surface area contributed by atoms with Crippen molar-refractivity contribution in [2.24, 2.45) is 0 Å². The number of rotatable bonds is 3. The minimum absolute atomic E-state index is 0.661. The van der Waals surface area contributed by atoms with Crippen molar-refractivity contribution < 1.29 is 4.79 Å². The fourth-order valence-corrected chi connectivity index (χ4v) is 2.78. The Morgan fingerprint density at radius 1 is 1.20 bits per heavy atom. The molecule has 0 radical (unpaired) electrons. The Hall–Kier alpha value is -2.06. The average molecular weight is 284 g/mol. The van der Waals surface area contributed by atoms with Crippen molar-refractivity contribution in [2.45, 2.75) is 13.3 Å². The summed E-state index contributed by atoms with van der Waals surface area (Å²) >= 11 is 6.05. The highest BCUT2D eigenvalue weighted by Gasteiger charge is 2.14. The van der Waals surface area contributed by atoms with Gasteiger partial charge in [0.05, 0.1) is 5.69 Å². The molecule has 0 spiro atoms. The summed E-state index contributed by atoms with van der Waals surface area (Å²) in [6.45, 7) is 2.11. The van der Waals surface area contributed by atoms with Gasteiger partial charge in [-0.1, -0.05) is 48.9 Å². The molecule has 0 fully saturated rings. The number of carbonyl (C=O) groups is 1. The molecular weight excluding hydrogens is 270 g/mol. The van der Waals surface area contributed by atoms with Crippen molar-refractivity contribution in [3.8, 4) is 11.3 Å². The summed E-state index contributed by atoms with van der Waals surface area (Å²) < 4.78 is 0. The van der Waals surface area contributed by atoms with E-state index in [0.717, 1.165) is 34.9 Å². The Morgan fingerprint density at radius 2 is 2.00 bits per heavy atom. The molecule has 2 nitrogen and oxygen atoms in total. The van der Waals surface area contributed by atoms with Gasteiger partial charge in [-0.3, -0.25) is 4.79 Å². The van der Waals surface area contributed by atoms with Crippen LogP contribution >= 0.6 is 11.6 Å². The summed E-state index contributed by atoms with van der Waals surface area (Å²) in [6, 6.07) is 13.6. The molecular formula is C17H14ClNO. The molecule has 1 N–H and O–H groups in total.